The normalized spacial score (nSPS) is 45.4. The lowest BCUT2D eigenvalue weighted by atomic mass is 10.1. The van der Waals surface area contributed by atoms with Gasteiger partial charge in [0, 0.05) is 11.9 Å². The third-order valence-corrected chi connectivity index (χ3v) is 3.25. The first-order chi connectivity index (χ1) is 6.94. The van der Waals surface area contributed by atoms with Crippen molar-refractivity contribution in [2.45, 2.75) is 56.0 Å². The Balaban J connectivity index is 2.15. The molecular weight excluding hydrogens is 264 g/mol. The van der Waals surface area contributed by atoms with Gasteiger partial charge in [0.15, 0.2) is 12.1 Å². The van der Waals surface area contributed by atoms with Crippen LogP contribution in [0.3, 0.4) is 0 Å². The number of fused-ring (bicyclic) bond motifs is 1. The van der Waals surface area contributed by atoms with Crippen LogP contribution in [0.1, 0.15) is 20.8 Å². The molecular formula is C10H17BrO4. The molecule has 5 unspecified atom stereocenters. The van der Waals surface area contributed by atoms with E-state index in [1.54, 1.807) is 7.11 Å². The summed E-state index contributed by atoms with van der Waals surface area (Å²) in [6.45, 7) is 5.86. The summed E-state index contributed by atoms with van der Waals surface area (Å²) in [4.78, 5) is 0.211. The summed E-state index contributed by atoms with van der Waals surface area (Å²) in [6, 6.07) is 0. The Bertz CT molecular complexity index is 244. The topological polar surface area (TPSA) is 36.9 Å². The van der Waals surface area contributed by atoms with Crippen molar-refractivity contribution in [3.8, 4) is 0 Å². The predicted octanol–water partition coefficient (Wildman–Crippen LogP) is 1.66. The van der Waals surface area contributed by atoms with Gasteiger partial charge in [-0.2, -0.15) is 0 Å². The van der Waals surface area contributed by atoms with Gasteiger partial charge in [-0.05, 0) is 13.8 Å². The van der Waals surface area contributed by atoms with E-state index in [1.807, 2.05) is 20.8 Å². The van der Waals surface area contributed by atoms with Gasteiger partial charge >= 0.3 is 0 Å². The maximum absolute atomic E-state index is 5.82. The van der Waals surface area contributed by atoms with Crippen molar-refractivity contribution in [3.05, 3.63) is 0 Å². The molecule has 0 amide bonds. The van der Waals surface area contributed by atoms with Crippen molar-refractivity contribution in [2.75, 3.05) is 7.11 Å². The van der Waals surface area contributed by atoms with Crippen LogP contribution in [0.25, 0.3) is 0 Å². The Morgan fingerprint density at radius 1 is 1.27 bits per heavy atom. The van der Waals surface area contributed by atoms with Crippen molar-refractivity contribution in [1.82, 2.24) is 0 Å². The molecule has 0 N–H and O–H groups in total. The number of hydrogen-bond acceptors (Lipinski definition) is 4. The average Bonchev–Trinajstić information content (AvgIpc) is 2.57. The van der Waals surface area contributed by atoms with Gasteiger partial charge in [-0.3, -0.25) is 0 Å². The summed E-state index contributed by atoms with van der Waals surface area (Å²) in [5, 5.41) is 0. The van der Waals surface area contributed by atoms with Crippen LogP contribution in [0.15, 0.2) is 0 Å². The minimum Gasteiger partial charge on any atom is -0.353 e. The van der Waals surface area contributed by atoms with Gasteiger partial charge in [0.05, 0.1) is 0 Å². The molecule has 2 aliphatic rings. The molecule has 4 nitrogen and oxygen atoms in total. The number of methoxy groups -OCH3 is 1. The fourth-order valence-corrected chi connectivity index (χ4v) is 2.58. The summed E-state index contributed by atoms with van der Waals surface area (Å²) in [5.74, 6) is -0.546. The SMILES string of the molecule is COC1OC(C(C)Br)C2OC(C)(C)OC12. The standard InChI is InChI=1S/C10H17BrO4/c1-5(11)6-7-8(9(12-4)13-6)15-10(2,3)14-7/h5-9H,1-4H3. The van der Waals surface area contributed by atoms with Crippen LogP contribution < -0.4 is 0 Å². The molecule has 5 atom stereocenters. The molecule has 0 aromatic carbocycles. The highest BCUT2D eigenvalue weighted by Crippen LogP contribution is 2.40. The highest BCUT2D eigenvalue weighted by Gasteiger charge is 2.56. The lowest BCUT2D eigenvalue weighted by Gasteiger charge is -2.24. The molecule has 5 heteroatoms. The predicted molar refractivity (Wildman–Crippen MR) is 57.9 cm³/mol. The van der Waals surface area contributed by atoms with E-state index in [-0.39, 0.29) is 29.4 Å². The molecule has 2 aliphatic heterocycles. The smallest absolute Gasteiger partial charge is 0.186 e. The lowest BCUT2D eigenvalue weighted by molar-refractivity contribution is -0.226. The largest absolute Gasteiger partial charge is 0.353 e. The molecule has 0 aliphatic carbocycles. The molecule has 2 rings (SSSR count). The quantitative estimate of drug-likeness (QED) is 0.721. The second-order valence-electron chi connectivity index (χ2n) is 4.45. The van der Waals surface area contributed by atoms with Crippen molar-refractivity contribution in [1.29, 1.82) is 0 Å². The van der Waals surface area contributed by atoms with Gasteiger partial charge in [0.25, 0.3) is 0 Å². The van der Waals surface area contributed by atoms with Crippen LogP contribution in [0, 0.1) is 0 Å². The van der Waals surface area contributed by atoms with E-state index in [1.165, 1.54) is 0 Å². The van der Waals surface area contributed by atoms with Crippen molar-refractivity contribution in [2.24, 2.45) is 0 Å². The van der Waals surface area contributed by atoms with Gasteiger partial charge < -0.3 is 18.9 Å². The number of alkyl halides is 1. The molecule has 0 saturated carbocycles. The van der Waals surface area contributed by atoms with Crippen LogP contribution in [0.5, 0.6) is 0 Å². The van der Waals surface area contributed by atoms with Crippen LogP contribution in [-0.4, -0.2) is 42.3 Å². The fraction of sp³-hybridized carbons (Fsp3) is 1.00. The Morgan fingerprint density at radius 2 is 1.87 bits per heavy atom. The first-order valence-electron chi connectivity index (χ1n) is 5.12. The van der Waals surface area contributed by atoms with Crippen LogP contribution in [0.4, 0.5) is 0 Å². The van der Waals surface area contributed by atoms with Crippen LogP contribution in [0.2, 0.25) is 0 Å². The molecule has 2 fully saturated rings. The molecule has 2 heterocycles. The first-order valence-corrected chi connectivity index (χ1v) is 6.04. The molecule has 0 aromatic heterocycles. The minimum atomic E-state index is -0.546. The molecule has 2 saturated heterocycles. The van der Waals surface area contributed by atoms with Gasteiger partial charge in [-0.25, -0.2) is 0 Å². The van der Waals surface area contributed by atoms with Crippen molar-refractivity contribution in [3.63, 3.8) is 0 Å². The molecule has 0 spiro atoms. The zero-order valence-corrected chi connectivity index (χ0v) is 11.0. The average molecular weight is 281 g/mol. The maximum atomic E-state index is 5.82. The van der Waals surface area contributed by atoms with E-state index in [9.17, 15) is 0 Å². The second kappa shape index (κ2) is 3.96. The summed E-state index contributed by atoms with van der Waals surface area (Å²) >= 11 is 3.52. The molecule has 15 heavy (non-hydrogen) atoms. The van der Waals surface area contributed by atoms with E-state index >= 15 is 0 Å². The van der Waals surface area contributed by atoms with E-state index in [2.05, 4.69) is 15.9 Å². The Labute approximate surface area is 98.3 Å². The number of hydrogen-bond donors (Lipinski definition) is 0. The first kappa shape index (κ1) is 11.8. The highest BCUT2D eigenvalue weighted by molar-refractivity contribution is 9.09. The van der Waals surface area contributed by atoms with Gasteiger partial charge in [0.2, 0.25) is 0 Å². The van der Waals surface area contributed by atoms with Crippen molar-refractivity contribution >= 4 is 15.9 Å². The number of rotatable bonds is 2. The molecule has 88 valence electrons. The second-order valence-corrected chi connectivity index (χ2v) is 5.89. The Kier molecular flexibility index (Phi) is 3.12. The minimum absolute atomic E-state index is 0.0262. The van der Waals surface area contributed by atoms with Crippen LogP contribution in [-0.2, 0) is 18.9 Å². The summed E-state index contributed by atoms with van der Waals surface area (Å²) in [5.41, 5.74) is 0. The fourth-order valence-electron chi connectivity index (χ4n) is 2.15. The van der Waals surface area contributed by atoms with Gasteiger partial charge in [-0.15, -0.1) is 0 Å². The summed E-state index contributed by atoms with van der Waals surface area (Å²) < 4.78 is 22.5. The zero-order valence-electron chi connectivity index (χ0n) is 9.40. The molecule has 0 bridgehead atoms. The maximum Gasteiger partial charge on any atom is 0.186 e. The van der Waals surface area contributed by atoms with E-state index in [0.29, 0.717) is 0 Å². The lowest BCUT2D eigenvalue weighted by Crippen LogP contribution is -2.34. The Morgan fingerprint density at radius 3 is 2.40 bits per heavy atom. The van der Waals surface area contributed by atoms with Crippen molar-refractivity contribution < 1.29 is 18.9 Å². The summed E-state index contributed by atoms with van der Waals surface area (Å²) in [7, 11) is 1.62. The number of halogens is 1. The Hall–Kier alpha value is 0.320. The molecule has 0 radical (unpaired) electrons. The summed E-state index contributed by atoms with van der Waals surface area (Å²) in [6.07, 6.45) is -0.544. The van der Waals surface area contributed by atoms with E-state index in [0.717, 1.165) is 0 Å². The van der Waals surface area contributed by atoms with E-state index in [4.69, 9.17) is 18.9 Å². The molecule has 0 aromatic rings. The third kappa shape index (κ3) is 2.08. The monoisotopic (exact) mass is 280 g/mol. The third-order valence-electron chi connectivity index (χ3n) is 2.73. The zero-order chi connectivity index (χ0) is 11.2. The number of ether oxygens (including phenoxy) is 4. The van der Waals surface area contributed by atoms with E-state index < -0.39 is 5.79 Å². The van der Waals surface area contributed by atoms with Gasteiger partial charge in [0.1, 0.15) is 18.3 Å². The highest BCUT2D eigenvalue weighted by atomic mass is 79.9. The van der Waals surface area contributed by atoms with Gasteiger partial charge in [-0.1, -0.05) is 22.9 Å². The van der Waals surface area contributed by atoms with Crippen LogP contribution >= 0.6 is 15.9 Å².